The Morgan fingerprint density at radius 2 is 2.05 bits per heavy atom. The van der Waals surface area contributed by atoms with Crippen LogP contribution in [0.1, 0.15) is 19.4 Å². The molecular weight excluding hydrogens is 261 g/mol. The number of hydrogen-bond acceptors (Lipinski definition) is 4. The predicted octanol–water partition coefficient (Wildman–Crippen LogP) is 1.31. The standard InChI is InChI=1S/C15H24FNO3/c1-15(2,11-18)10-17-7-13(19)9-20-8-12-5-3-4-6-14(12)16/h3-6,13,17-19H,7-11H2,1-2H3. The highest BCUT2D eigenvalue weighted by Gasteiger charge is 2.16. The summed E-state index contributed by atoms with van der Waals surface area (Å²) in [5.41, 5.74) is 0.266. The van der Waals surface area contributed by atoms with Crippen molar-refractivity contribution in [3.8, 4) is 0 Å². The summed E-state index contributed by atoms with van der Waals surface area (Å²) in [5.74, 6) is -0.301. The van der Waals surface area contributed by atoms with Gasteiger partial charge in [-0.1, -0.05) is 32.0 Å². The molecule has 4 nitrogen and oxygen atoms in total. The molecule has 1 atom stereocenters. The van der Waals surface area contributed by atoms with Gasteiger partial charge in [0.25, 0.3) is 0 Å². The van der Waals surface area contributed by atoms with E-state index in [0.717, 1.165) is 0 Å². The van der Waals surface area contributed by atoms with Crippen LogP contribution in [0, 0.1) is 11.2 Å². The number of aliphatic hydroxyl groups excluding tert-OH is 2. The largest absolute Gasteiger partial charge is 0.396 e. The molecule has 0 saturated heterocycles. The van der Waals surface area contributed by atoms with Gasteiger partial charge in [0.15, 0.2) is 0 Å². The van der Waals surface area contributed by atoms with E-state index in [1.165, 1.54) is 6.07 Å². The Morgan fingerprint density at radius 3 is 2.70 bits per heavy atom. The van der Waals surface area contributed by atoms with Crippen molar-refractivity contribution in [1.29, 1.82) is 0 Å². The number of hydrogen-bond donors (Lipinski definition) is 3. The third-order valence-corrected chi connectivity index (χ3v) is 2.94. The summed E-state index contributed by atoms with van der Waals surface area (Å²) in [6, 6.07) is 6.41. The minimum atomic E-state index is -0.656. The fraction of sp³-hybridized carbons (Fsp3) is 0.600. The molecule has 0 aliphatic carbocycles. The molecule has 1 unspecified atom stereocenters. The van der Waals surface area contributed by atoms with Crippen LogP contribution in [0.4, 0.5) is 4.39 Å². The second-order valence-corrected chi connectivity index (χ2v) is 5.71. The number of benzene rings is 1. The number of ether oxygens (including phenoxy) is 1. The highest BCUT2D eigenvalue weighted by molar-refractivity contribution is 5.16. The van der Waals surface area contributed by atoms with Crippen LogP contribution in [0.5, 0.6) is 0 Å². The zero-order valence-corrected chi connectivity index (χ0v) is 12.1. The molecule has 1 aromatic carbocycles. The average molecular weight is 285 g/mol. The normalized spacial score (nSPS) is 13.4. The molecule has 0 aromatic heterocycles. The first kappa shape index (κ1) is 17.0. The van der Waals surface area contributed by atoms with Crippen LogP contribution in [0.15, 0.2) is 24.3 Å². The summed E-state index contributed by atoms with van der Waals surface area (Å²) in [5, 5.41) is 21.9. The summed E-state index contributed by atoms with van der Waals surface area (Å²) in [6.07, 6.45) is -0.656. The van der Waals surface area contributed by atoms with Crippen LogP contribution in [0.3, 0.4) is 0 Å². The minimum Gasteiger partial charge on any atom is -0.396 e. The Balaban J connectivity index is 2.18. The molecule has 0 radical (unpaired) electrons. The van der Waals surface area contributed by atoms with E-state index in [-0.39, 0.29) is 31.1 Å². The lowest BCUT2D eigenvalue weighted by Crippen LogP contribution is -2.38. The van der Waals surface area contributed by atoms with Gasteiger partial charge in [0.1, 0.15) is 5.82 Å². The van der Waals surface area contributed by atoms with E-state index in [1.54, 1.807) is 18.2 Å². The van der Waals surface area contributed by atoms with Crippen molar-refractivity contribution in [2.45, 2.75) is 26.6 Å². The quantitative estimate of drug-likeness (QED) is 0.640. The van der Waals surface area contributed by atoms with Gasteiger partial charge >= 0.3 is 0 Å². The van der Waals surface area contributed by atoms with Crippen LogP contribution < -0.4 is 5.32 Å². The van der Waals surface area contributed by atoms with Crippen molar-refractivity contribution in [3.63, 3.8) is 0 Å². The molecule has 0 amide bonds. The van der Waals surface area contributed by atoms with Gasteiger partial charge in [0, 0.05) is 30.7 Å². The molecule has 0 saturated carbocycles. The Kier molecular flexibility index (Phi) is 7.09. The second kappa shape index (κ2) is 8.32. The molecule has 0 aliphatic heterocycles. The fourth-order valence-corrected chi connectivity index (χ4v) is 1.61. The zero-order chi connectivity index (χ0) is 15.0. The first-order valence-electron chi connectivity index (χ1n) is 6.75. The average Bonchev–Trinajstić information content (AvgIpc) is 2.41. The molecule has 114 valence electrons. The number of halogens is 1. The molecule has 3 N–H and O–H groups in total. The van der Waals surface area contributed by atoms with Crippen molar-refractivity contribution >= 4 is 0 Å². The summed E-state index contributed by atoms with van der Waals surface area (Å²) in [7, 11) is 0. The Labute approximate surface area is 119 Å². The molecule has 5 heteroatoms. The van der Waals surface area contributed by atoms with E-state index in [0.29, 0.717) is 18.7 Å². The third kappa shape index (κ3) is 6.43. The van der Waals surface area contributed by atoms with E-state index in [4.69, 9.17) is 9.84 Å². The molecule has 1 rings (SSSR count). The molecule has 0 heterocycles. The van der Waals surface area contributed by atoms with E-state index in [9.17, 15) is 9.50 Å². The van der Waals surface area contributed by atoms with Crippen LogP contribution >= 0.6 is 0 Å². The van der Waals surface area contributed by atoms with Gasteiger partial charge in [-0.2, -0.15) is 0 Å². The van der Waals surface area contributed by atoms with Crippen LogP contribution in [0.2, 0.25) is 0 Å². The van der Waals surface area contributed by atoms with Crippen molar-refractivity contribution in [2.24, 2.45) is 5.41 Å². The van der Waals surface area contributed by atoms with Crippen molar-refractivity contribution in [2.75, 3.05) is 26.3 Å². The van der Waals surface area contributed by atoms with E-state index >= 15 is 0 Å². The van der Waals surface area contributed by atoms with Crippen LogP contribution in [0.25, 0.3) is 0 Å². The maximum absolute atomic E-state index is 13.3. The Hall–Kier alpha value is -1.01. The minimum absolute atomic E-state index is 0.0832. The van der Waals surface area contributed by atoms with Gasteiger partial charge in [-0.3, -0.25) is 0 Å². The SMILES string of the molecule is CC(C)(CO)CNCC(O)COCc1ccccc1F. The first-order valence-corrected chi connectivity index (χ1v) is 6.75. The Bertz CT molecular complexity index is 398. The highest BCUT2D eigenvalue weighted by Crippen LogP contribution is 2.11. The van der Waals surface area contributed by atoms with Gasteiger partial charge in [0.2, 0.25) is 0 Å². The van der Waals surface area contributed by atoms with E-state index in [2.05, 4.69) is 5.32 Å². The first-order chi connectivity index (χ1) is 9.44. The number of nitrogens with one attached hydrogen (secondary N) is 1. The topological polar surface area (TPSA) is 61.7 Å². The van der Waals surface area contributed by atoms with Gasteiger partial charge < -0.3 is 20.3 Å². The van der Waals surface area contributed by atoms with Crippen molar-refractivity contribution in [1.82, 2.24) is 5.32 Å². The predicted molar refractivity (Wildman–Crippen MR) is 75.8 cm³/mol. The summed E-state index contributed by atoms with van der Waals surface area (Å²) >= 11 is 0. The molecule has 0 aliphatic rings. The lowest BCUT2D eigenvalue weighted by atomic mass is 9.95. The molecule has 1 aromatic rings. The molecule has 0 fully saturated rings. The van der Waals surface area contributed by atoms with Gasteiger partial charge in [-0.15, -0.1) is 0 Å². The van der Waals surface area contributed by atoms with Crippen LogP contribution in [-0.4, -0.2) is 42.6 Å². The van der Waals surface area contributed by atoms with Gasteiger partial charge in [0.05, 0.1) is 19.3 Å². The van der Waals surface area contributed by atoms with Crippen LogP contribution in [-0.2, 0) is 11.3 Å². The van der Waals surface area contributed by atoms with Crippen molar-refractivity contribution in [3.05, 3.63) is 35.6 Å². The number of rotatable bonds is 9. The molecule has 20 heavy (non-hydrogen) atoms. The summed E-state index contributed by atoms with van der Waals surface area (Å²) in [4.78, 5) is 0. The Morgan fingerprint density at radius 1 is 1.35 bits per heavy atom. The van der Waals surface area contributed by atoms with Gasteiger partial charge in [-0.05, 0) is 6.07 Å². The smallest absolute Gasteiger partial charge is 0.128 e. The molecule has 0 spiro atoms. The van der Waals surface area contributed by atoms with E-state index in [1.807, 2.05) is 13.8 Å². The lowest BCUT2D eigenvalue weighted by Gasteiger charge is -2.23. The lowest BCUT2D eigenvalue weighted by molar-refractivity contribution is 0.0261. The molecule has 0 bridgehead atoms. The molecular formula is C15H24FNO3. The second-order valence-electron chi connectivity index (χ2n) is 5.71. The third-order valence-electron chi connectivity index (χ3n) is 2.94. The van der Waals surface area contributed by atoms with Crippen molar-refractivity contribution < 1.29 is 19.3 Å². The van der Waals surface area contributed by atoms with Gasteiger partial charge in [-0.25, -0.2) is 4.39 Å². The zero-order valence-electron chi connectivity index (χ0n) is 12.1. The summed E-state index contributed by atoms with van der Waals surface area (Å²) < 4.78 is 18.6. The fourth-order valence-electron chi connectivity index (χ4n) is 1.61. The monoisotopic (exact) mass is 285 g/mol. The summed E-state index contributed by atoms with van der Waals surface area (Å²) in [6.45, 7) is 5.21. The maximum atomic E-state index is 13.3. The maximum Gasteiger partial charge on any atom is 0.128 e. The van der Waals surface area contributed by atoms with E-state index < -0.39 is 6.10 Å². The number of aliphatic hydroxyl groups is 2. The highest BCUT2D eigenvalue weighted by atomic mass is 19.1.